The van der Waals surface area contributed by atoms with Crippen molar-refractivity contribution in [1.29, 1.82) is 0 Å². The first-order valence-electron chi connectivity index (χ1n) is 6.18. The minimum atomic E-state index is -0.826. The van der Waals surface area contributed by atoms with Crippen molar-refractivity contribution in [3.63, 3.8) is 0 Å². The minimum absolute atomic E-state index is 0.506. The molecule has 1 aromatic heterocycles. The monoisotopic (exact) mass is 350 g/mol. The Morgan fingerprint density at radius 2 is 2.00 bits per heavy atom. The second-order valence-electron chi connectivity index (χ2n) is 4.72. The molecule has 1 atom stereocenters. The highest BCUT2D eigenvalue weighted by Crippen LogP contribution is 2.33. The number of aryl methyl sites for hydroxylation is 1. The van der Waals surface area contributed by atoms with E-state index in [4.69, 9.17) is 16.0 Å². The van der Waals surface area contributed by atoms with Gasteiger partial charge in [-0.25, -0.2) is 0 Å². The average Bonchev–Trinajstić information content (AvgIpc) is 2.86. The molecule has 1 N–H and O–H groups in total. The fourth-order valence-corrected chi connectivity index (χ4v) is 2.78. The molecule has 0 bridgehead atoms. The van der Waals surface area contributed by atoms with Gasteiger partial charge in [-0.05, 0) is 52.2 Å². The van der Waals surface area contributed by atoms with Crippen LogP contribution in [0.3, 0.4) is 0 Å². The Labute approximate surface area is 130 Å². The lowest BCUT2D eigenvalue weighted by Gasteiger charge is -2.09. The molecule has 0 fully saturated rings. The predicted molar refractivity (Wildman–Crippen MR) is 84.2 cm³/mol. The van der Waals surface area contributed by atoms with Gasteiger partial charge in [-0.1, -0.05) is 35.9 Å². The molecule has 4 heteroatoms. The van der Waals surface area contributed by atoms with Gasteiger partial charge in [0.2, 0.25) is 0 Å². The first kappa shape index (κ1) is 13.7. The summed E-state index contributed by atoms with van der Waals surface area (Å²) >= 11 is 9.54. The molecule has 2 nitrogen and oxygen atoms in total. The van der Waals surface area contributed by atoms with Crippen LogP contribution in [-0.2, 0) is 0 Å². The van der Waals surface area contributed by atoms with Gasteiger partial charge in [0.15, 0.2) is 0 Å². The van der Waals surface area contributed by atoms with Crippen molar-refractivity contribution < 1.29 is 9.52 Å². The molecular formula is C16H12BrClO2. The third-order valence-corrected chi connectivity index (χ3v) is 4.33. The average molecular weight is 352 g/mol. The highest BCUT2D eigenvalue weighted by atomic mass is 79.9. The molecule has 102 valence electrons. The number of hydrogen-bond donors (Lipinski definition) is 1. The third kappa shape index (κ3) is 2.37. The maximum absolute atomic E-state index is 10.4. The molecule has 20 heavy (non-hydrogen) atoms. The molecule has 1 heterocycles. The van der Waals surface area contributed by atoms with E-state index in [0.717, 1.165) is 26.6 Å². The number of rotatable bonds is 2. The van der Waals surface area contributed by atoms with Crippen molar-refractivity contribution in [2.24, 2.45) is 0 Å². The second-order valence-corrected chi connectivity index (χ2v) is 5.98. The number of para-hydroxylation sites is 1. The van der Waals surface area contributed by atoms with Gasteiger partial charge in [0.25, 0.3) is 0 Å². The van der Waals surface area contributed by atoms with Gasteiger partial charge in [0, 0.05) is 10.4 Å². The van der Waals surface area contributed by atoms with Crippen LogP contribution in [0.25, 0.3) is 11.0 Å². The van der Waals surface area contributed by atoms with Gasteiger partial charge in [0.05, 0.1) is 4.47 Å². The van der Waals surface area contributed by atoms with Gasteiger partial charge in [-0.15, -0.1) is 0 Å². The summed E-state index contributed by atoms with van der Waals surface area (Å²) in [4.78, 5) is 0. The third-order valence-electron chi connectivity index (χ3n) is 3.30. The van der Waals surface area contributed by atoms with Crippen molar-refractivity contribution in [1.82, 2.24) is 0 Å². The number of furan rings is 1. The van der Waals surface area contributed by atoms with E-state index < -0.39 is 6.10 Å². The number of hydrogen-bond acceptors (Lipinski definition) is 2. The standard InChI is InChI=1S/C16H12BrClO2/c1-9-5-6-10(7-13(9)18)15(19)14-8-11-3-2-4-12(17)16(11)20-14/h2-8,15,19H,1H3. The Balaban J connectivity index is 2.05. The van der Waals surface area contributed by atoms with Gasteiger partial charge < -0.3 is 9.52 Å². The van der Waals surface area contributed by atoms with Crippen LogP contribution >= 0.6 is 27.5 Å². The number of fused-ring (bicyclic) bond motifs is 1. The van der Waals surface area contributed by atoms with Crippen molar-refractivity contribution in [3.8, 4) is 0 Å². The summed E-state index contributed by atoms with van der Waals surface area (Å²) in [7, 11) is 0. The highest BCUT2D eigenvalue weighted by Gasteiger charge is 2.17. The maximum atomic E-state index is 10.4. The lowest BCUT2D eigenvalue weighted by atomic mass is 10.1. The van der Waals surface area contributed by atoms with Crippen molar-refractivity contribution >= 4 is 38.5 Å². The number of aliphatic hydroxyl groups excluding tert-OH is 1. The Bertz CT molecular complexity index is 779. The zero-order valence-electron chi connectivity index (χ0n) is 10.7. The zero-order chi connectivity index (χ0) is 14.3. The van der Waals surface area contributed by atoms with E-state index in [9.17, 15) is 5.11 Å². The summed E-state index contributed by atoms with van der Waals surface area (Å²) in [5, 5.41) is 12.0. The molecule has 0 spiro atoms. The zero-order valence-corrected chi connectivity index (χ0v) is 13.1. The van der Waals surface area contributed by atoms with Crippen molar-refractivity contribution in [3.05, 3.63) is 68.8 Å². The van der Waals surface area contributed by atoms with Crippen LogP contribution in [0.15, 0.2) is 51.4 Å². The summed E-state index contributed by atoms with van der Waals surface area (Å²) in [5.74, 6) is 0.506. The molecule has 0 aliphatic carbocycles. The van der Waals surface area contributed by atoms with E-state index in [0.29, 0.717) is 10.8 Å². The molecular weight excluding hydrogens is 340 g/mol. The Kier molecular flexibility index (Phi) is 3.59. The summed E-state index contributed by atoms with van der Waals surface area (Å²) in [5.41, 5.74) is 2.44. The van der Waals surface area contributed by atoms with Crippen LogP contribution < -0.4 is 0 Å². The van der Waals surface area contributed by atoms with Crippen LogP contribution in [0.4, 0.5) is 0 Å². The highest BCUT2D eigenvalue weighted by molar-refractivity contribution is 9.10. The van der Waals surface area contributed by atoms with E-state index in [1.54, 1.807) is 6.07 Å². The van der Waals surface area contributed by atoms with Crippen LogP contribution in [0.2, 0.25) is 5.02 Å². The van der Waals surface area contributed by atoms with E-state index in [1.807, 2.05) is 43.3 Å². The molecule has 0 saturated carbocycles. The molecule has 0 radical (unpaired) electrons. The number of halogens is 2. The van der Waals surface area contributed by atoms with Gasteiger partial charge in [-0.2, -0.15) is 0 Å². The second kappa shape index (κ2) is 5.24. The predicted octanol–water partition coefficient (Wildman–Crippen LogP) is 5.24. The minimum Gasteiger partial charge on any atom is -0.457 e. The summed E-state index contributed by atoms with van der Waals surface area (Å²) < 4.78 is 6.62. The van der Waals surface area contributed by atoms with Crippen molar-refractivity contribution in [2.75, 3.05) is 0 Å². The van der Waals surface area contributed by atoms with Gasteiger partial charge in [0.1, 0.15) is 17.4 Å². The summed E-state index contributed by atoms with van der Waals surface area (Å²) in [6.07, 6.45) is -0.826. The van der Waals surface area contributed by atoms with Crippen LogP contribution in [0.1, 0.15) is 23.0 Å². The fraction of sp³-hybridized carbons (Fsp3) is 0.125. The summed E-state index contributed by atoms with van der Waals surface area (Å²) in [6, 6.07) is 13.1. The van der Waals surface area contributed by atoms with E-state index in [-0.39, 0.29) is 0 Å². The summed E-state index contributed by atoms with van der Waals surface area (Å²) in [6.45, 7) is 1.93. The van der Waals surface area contributed by atoms with E-state index >= 15 is 0 Å². The normalized spacial score (nSPS) is 12.8. The van der Waals surface area contributed by atoms with Crippen LogP contribution in [0, 0.1) is 6.92 Å². The van der Waals surface area contributed by atoms with Gasteiger partial charge >= 0.3 is 0 Å². The molecule has 0 amide bonds. The molecule has 0 saturated heterocycles. The SMILES string of the molecule is Cc1ccc(C(O)c2cc3cccc(Br)c3o2)cc1Cl. The molecule has 3 rings (SSSR count). The Hall–Kier alpha value is -1.29. The fourth-order valence-electron chi connectivity index (χ4n) is 2.13. The number of benzene rings is 2. The molecule has 0 aliphatic rings. The van der Waals surface area contributed by atoms with Crippen molar-refractivity contribution in [2.45, 2.75) is 13.0 Å². The molecule has 0 aliphatic heterocycles. The number of aliphatic hydroxyl groups is 1. The lowest BCUT2D eigenvalue weighted by Crippen LogP contribution is -1.98. The Morgan fingerprint density at radius 3 is 2.70 bits per heavy atom. The van der Waals surface area contributed by atoms with Crippen LogP contribution in [0.5, 0.6) is 0 Å². The largest absolute Gasteiger partial charge is 0.457 e. The smallest absolute Gasteiger partial charge is 0.148 e. The van der Waals surface area contributed by atoms with Crippen LogP contribution in [-0.4, -0.2) is 5.11 Å². The molecule has 3 aromatic rings. The first-order chi connectivity index (χ1) is 9.56. The molecule has 1 unspecified atom stereocenters. The van der Waals surface area contributed by atoms with E-state index in [1.165, 1.54) is 0 Å². The van der Waals surface area contributed by atoms with Gasteiger partial charge in [-0.3, -0.25) is 0 Å². The Morgan fingerprint density at radius 1 is 1.20 bits per heavy atom. The maximum Gasteiger partial charge on any atom is 0.148 e. The van der Waals surface area contributed by atoms with E-state index in [2.05, 4.69) is 15.9 Å². The quantitative estimate of drug-likeness (QED) is 0.685. The lowest BCUT2D eigenvalue weighted by molar-refractivity contribution is 0.192. The molecule has 2 aromatic carbocycles. The topological polar surface area (TPSA) is 33.4 Å². The first-order valence-corrected chi connectivity index (χ1v) is 7.35.